The number of aromatic carboxylic acids is 1. The first-order chi connectivity index (χ1) is 8.66. The van der Waals surface area contributed by atoms with Gasteiger partial charge < -0.3 is 10.4 Å². The lowest BCUT2D eigenvalue weighted by molar-refractivity contribution is 0.0701. The highest BCUT2D eigenvalue weighted by Gasteiger charge is 2.17. The molecule has 4 heteroatoms. The molecule has 1 aliphatic rings. The van der Waals surface area contributed by atoms with Crippen LogP contribution in [0.5, 0.6) is 0 Å². The van der Waals surface area contributed by atoms with Crippen LogP contribution in [0.4, 0.5) is 0 Å². The van der Waals surface area contributed by atoms with E-state index in [1.807, 2.05) is 11.4 Å². The molecule has 100 valence electrons. The van der Waals surface area contributed by atoms with Crippen LogP contribution in [0.1, 0.15) is 54.3 Å². The summed E-state index contributed by atoms with van der Waals surface area (Å²) in [5.41, 5.74) is 0.921. The van der Waals surface area contributed by atoms with Gasteiger partial charge in [-0.3, -0.25) is 0 Å². The van der Waals surface area contributed by atoms with Crippen molar-refractivity contribution in [3.63, 3.8) is 0 Å². The summed E-state index contributed by atoms with van der Waals surface area (Å²) in [6.07, 6.45) is 6.34. The Morgan fingerprint density at radius 1 is 1.44 bits per heavy atom. The molecule has 2 unspecified atom stereocenters. The molecule has 1 heterocycles. The molecule has 0 amide bonds. The van der Waals surface area contributed by atoms with E-state index in [1.54, 1.807) is 0 Å². The third-order valence-corrected chi connectivity index (χ3v) is 4.72. The second kappa shape index (κ2) is 6.34. The largest absolute Gasteiger partial charge is 0.477 e. The van der Waals surface area contributed by atoms with Gasteiger partial charge in [-0.2, -0.15) is 0 Å². The van der Waals surface area contributed by atoms with Gasteiger partial charge in [0.25, 0.3) is 0 Å². The Balaban J connectivity index is 1.87. The normalized spacial score (nSPS) is 24.7. The van der Waals surface area contributed by atoms with E-state index >= 15 is 0 Å². The molecule has 1 aromatic heterocycles. The van der Waals surface area contributed by atoms with Crippen LogP contribution in [0.25, 0.3) is 0 Å². The minimum atomic E-state index is -0.809. The summed E-state index contributed by atoms with van der Waals surface area (Å²) in [5.74, 6) is 0.0313. The molecule has 1 saturated carbocycles. The lowest BCUT2D eigenvalue weighted by Crippen LogP contribution is -2.28. The summed E-state index contributed by atoms with van der Waals surface area (Å²) >= 11 is 1.31. The van der Waals surface area contributed by atoms with E-state index in [2.05, 4.69) is 12.2 Å². The van der Waals surface area contributed by atoms with Crippen molar-refractivity contribution in [1.29, 1.82) is 0 Å². The number of thiophene rings is 1. The molecule has 1 fully saturated rings. The van der Waals surface area contributed by atoms with E-state index in [4.69, 9.17) is 5.11 Å². The van der Waals surface area contributed by atoms with Crippen LogP contribution >= 0.6 is 11.3 Å². The number of carbonyl (C=O) groups is 1. The minimum absolute atomic E-state index is 0.476. The van der Waals surface area contributed by atoms with E-state index in [9.17, 15) is 4.79 Å². The Bertz CT molecular complexity index is 402. The summed E-state index contributed by atoms with van der Waals surface area (Å²) in [6, 6.07) is 2.47. The van der Waals surface area contributed by atoms with Gasteiger partial charge in [0.05, 0.1) is 0 Å². The van der Waals surface area contributed by atoms with Crippen molar-refractivity contribution in [3.05, 3.63) is 21.9 Å². The second-order valence-electron chi connectivity index (χ2n) is 5.27. The van der Waals surface area contributed by atoms with Crippen molar-refractivity contribution in [2.75, 3.05) is 0 Å². The van der Waals surface area contributed by atoms with E-state index in [0.29, 0.717) is 17.5 Å². The maximum absolute atomic E-state index is 11.0. The molecule has 1 aliphatic carbocycles. The second-order valence-corrected chi connectivity index (χ2v) is 6.19. The van der Waals surface area contributed by atoms with Crippen LogP contribution in [-0.4, -0.2) is 17.1 Å². The Kier molecular flexibility index (Phi) is 4.78. The van der Waals surface area contributed by atoms with Crippen LogP contribution in [0.2, 0.25) is 0 Å². The first-order valence-corrected chi connectivity index (χ1v) is 7.58. The van der Waals surface area contributed by atoms with E-state index in [-0.39, 0.29) is 0 Å². The first kappa shape index (κ1) is 13.6. The fraction of sp³-hybridized carbons (Fsp3) is 0.643. The maximum Gasteiger partial charge on any atom is 0.346 e. The highest BCUT2D eigenvalue weighted by atomic mass is 32.1. The van der Waals surface area contributed by atoms with Crippen molar-refractivity contribution >= 4 is 17.3 Å². The lowest BCUT2D eigenvalue weighted by Gasteiger charge is -2.16. The summed E-state index contributed by atoms with van der Waals surface area (Å²) in [7, 11) is 0. The Hall–Kier alpha value is -0.870. The fourth-order valence-corrected chi connectivity index (χ4v) is 3.37. The zero-order valence-electron chi connectivity index (χ0n) is 10.8. The number of rotatable bonds is 4. The molecule has 0 radical (unpaired) electrons. The molecule has 18 heavy (non-hydrogen) atoms. The Labute approximate surface area is 112 Å². The third-order valence-electron chi connectivity index (χ3n) is 3.78. The van der Waals surface area contributed by atoms with E-state index in [0.717, 1.165) is 11.5 Å². The van der Waals surface area contributed by atoms with Gasteiger partial charge in [-0.05, 0) is 42.2 Å². The van der Waals surface area contributed by atoms with Gasteiger partial charge in [0.15, 0.2) is 0 Å². The topological polar surface area (TPSA) is 49.3 Å². The minimum Gasteiger partial charge on any atom is -0.477 e. The molecule has 0 aliphatic heterocycles. The van der Waals surface area contributed by atoms with Crippen LogP contribution < -0.4 is 5.32 Å². The number of hydrogen-bond donors (Lipinski definition) is 2. The van der Waals surface area contributed by atoms with Crippen LogP contribution in [0.15, 0.2) is 11.4 Å². The van der Waals surface area contributed by atoms with Crippen LogP contribution in [-0.2, 0) is 6.54 Å². The monoisotopic (exact) mass is 267 g/mol. The summed E-state index contributed by atoms with van der Waals surface area (Å²) < 4.78 is 0. The van der Waals surface area contributed by atoms with Crippen LogP contribution in [0, 0.1) is 5.92 Å². The molecule has 0 bridgehead atoms. The highest BCUT2D eigenvalue weighted by Crippen LogP contribution is 2.23. The SMILES string of the molecule is CC1CCCC(NCc2ccsc2C(=O)O)CC1. The van der Waals surface area contributed by atoms with Gasteiger partial charge in [0.1, 0.15) is 4.88 Å². The molecule has 2 rings (SSSR count). The summed E-state index contributed by atoms with van der Waals surface area (Å²) in [6.45, 7) is 3.01. The number of carboxylic acids is 1. The fourth-order valence-electron chi connectivity index (χ4n) is 2.61. The van der Waals surface area contributed by atoms with E-state index < -0.39 is 5.97 Å². The molecular weight excluding hydrogens is 246 g/mol. The van der Waals surface area contributed by atoms with Crippen molar-refractivity contribution in [2.45, 2.75) is 51.6 Å². The molecule has 0 aromatic carbocycles. The average Bonchev–Trinajstić information content (AvgIpc) is 2.71. The predicted molar refractivity (Wildman–Crippen MR) is 74.2 cm³/mol. The molecule has 3 nitrogen and oxygen atoms in total. The van der Waals surface area contributed by atoms with Gasteiger partial charge in [0.2, 0.25) is 0 Å². The highest BCUT2D eigenvalue weighted by molar-refractivity contribution is 7.12. The predicted octanol–water partition coefficient (Wildman–Crippen LogP) is 3.50. The van der Waals surface area contributed by atoms with Crippen molar-refractivity contribution in [3.8, 4) is 0 Å². The number of hydrogen-bond acceptors (Lipinski definition) is 3. The lowest BCUT2D eigenvalue weighted by atomic mass is 10.0. The van der Waals surface area contributed by atoms with Gasteiger partial charge in [-0.1, -0.05) is 19.8 Å². The van der Waals surface area contributed by atoms with Gasteiger partial charge in [0, 0.05) is 12.6 Å². The summed E-state index contributed by atoms with van der Waals surface area (Å²) in [4.78, 5) is 11.5. The molecule has 2 N–H and O–H groups in total. The van der Waals surface area contributed by atoms with Gasteiger partial charge in [-0.25, -0.2) is 4.79 Å². The van der Waals surface area contributed by atoms with E-state index in [1.165, 1.54) is 43.4 Å². The molecule has 2 atom stereocenters. The Morgan fingerprint density at radius 2 is 2.28 bits per heavy atom. The average molecular weight is 267 g/mol. The third kappa shape index (κ3) is 3.56. The van der Waals surface area contributed by atoms with Gasteiger partial charge >= 0.3 is 5.97 Å². The van der Waals surface area contributed by atoms with Gasteiger partial charge in [-0.15, -0.1) is 11.3 Å². The number of carboxylic acid groups (broad SMARTS) is 1. The summed E-state index contributed by atoms with van der Waals surface area (Å²) in [5, 5.41) is 14.4. The molecule has 0 spiro atoms. The quantitative estimate of drug-likeness (QED) is 0.821. The standard InChI is InChI=1S/C14H21NO2S/c1-10-3-2-4-12(6-5-10)15-9-11-7-8-18-13(11)14(16)17/h7-8,10,12,15H,2-6,9H2,1H3,(H,16,17). The number of nitrogens with one attached hydrogen (secondary N) is 1. The van der Waals surface area contributed by atoms with Crippen molar-refractivity contribution in [1.82, 2.24) is 5.32 Å². The smallest absolute Gasteiger partial charge is 0.346 e. The maximum atomic E-state index is 11.0. The van der Waals surface area contributed by atoms with Crippen molar-refractivity contribution in [2.24, 2.45) is 5.92 Å². The molecular formula is C14H21NO2S. The molecule has 0 saturated heterocycles. The zero-order valence-corrected chi connectivity index (χ0v) is 11.6. The molecule has 1 aromatic rings. The Morgan fingerprint density at radius 3 is 3.06 bits per heavy atom. The van der Waals surface area contributed by atoms with Crippen molar-refractivity contribution < 1.29 is 9.90 Å². The van der Waals surface area contributed by atoms with Crippen LogP contribution in [0.3, 0.4) is 0 Å². The zero-order chi connectivity index (χ0) is 13.0. The first-order valence-electron chi connectivity index (χ1n) is 6.70.